The first kappa shape index (κ1) is 19.5. The van der Waals surface area contributed by atoms with Gasteiger partial charge in [0.15, 0.2) is 11.0 Å². The number of nitrogens with zero attached hydrogens (tertiary/aromatic N) is 3. The van der Waals surface area contributed by atoms with Crippen LogP contribution in [0.3, 0.4) is 0 Å². The number of hydrogen-bond donors (Lipinski definition) is 1. The molecule has 29 heavy (non-hydrogen) atoms. The zero-order chi connectivity index (χ0) is 20.4. The van der Waals surface area contributed by atoms with Crippen LogP contribution in [0.25, 0.3) is 11.0 Å². The minimum absolute atomic E-state index is 0.111. The van der Waals surface area contributed by atoms with Gasteiger partial charge in [-0.15, -0.1) is 0 Å². The summed E-state index contributed by atoms with van der Waals surface area (Å²) in [6, 6.07) is 13.8. The van der Waals surface area contributed by atoms with Crippen LogP contribution in [-0.4, -0.2) is 26.4 Å². The summed E-state index contributed by atoms with van der Waals surface area (Å²) >= 11 is 7.46. The number of benzene rings is 2. The summed E-state index contributed by atoms with van der Waals surface area (Å²) in [6.07, 6.45) is 0. The standard InChI is InChI=1S/C20H16ClFN4O2S/c1-12-9-18(25-28-12)24-19(27)11-29-20-23-16-7-2-3-8-17(16)26(20)10-13-14(21)5-4-6-15(13)22/h2-9H,10-11H2,1H3,(H,24,25,27). The number of imidazole rings is 1. The fraction of sp³-hybridized carbons (Fsp3) is 0.150. The zero-order valence-electron chi connectivity index (χ0n) is 15.4. The maximum Gasteiger partial charge on any atom is 0.236 e. The van der Waals surface area contributed by atoms with Crippen LogP contribution in [0.1, 0.15) is 11.3 Å². The van der Waals surface area contributed by atoms with Crippen LogP contribution in [0, 0.1) is 12.7 Å². The van der Waals surface area contributed by atoms with E-state index in [4.69, 9.17) is 16.1 Å². The van der Waals surface area contributed by atoms with Gasteiger partial charge in [-0.3, -0.25) is 4.79 Å². The molecule has 4 rings (SSSR count). The molecule has 0 aliphatic carbocycles. The van der Waals surface area contributed by atoms with E-state index in [9.17, 15) is 9.18 Å². The molecule has 148 valence electrons. The highest BCUT2D eigenvalue weighted by atomic mass is 35.5. The molecule has 0 unspecified atom stereocenters. The smallest absolute Gasteiger partial charge is 0.236 e. The van der Waals surface area contributed by atoms with Gasteiger partial charge in [0.05, 0.1) is 23.3 Å². The van der Waals surface area contributed by atoms with Crippen molar-refractivity contribution in [2.24, 2.45) is 0 Å². The van der Waals surface area contributed by atoms with Crippen molar-refractivity contribution in [2.45, 2.75) is 18.6 Å². The van der Waals surface area contributed by atoms with E-state index in [0.29, 0.717) is 27.3 Å². The number of thioether (sulfide) groups is 1. The van der Waals surface area contributed by atoms with Gasteiger partial charge < -0.3 is 14.4 Å². The third-order valence-electron chi connectivity index (χ3n) is 4.23. The quantitative estimate of drug-likeness (QED) is 0.440. The van der Waals surface area contributed by atoms with E-state index in [-0.39, 0.29) is 24.0 Å². The molecule has 0 spiro atoms. The van der Waals surface area contributed by atoms with Gasteiger partial charge in [-0.2, -0.15) is 0 Å². The number of carbonyl (C=O) groups excluding carboxylic acids is 1. The van der Waals surface area contributed by atoms with Crippen molar-refractivity contribution < 1.29 is 13.7 Å². The molecular formula is C20H16ClFN4O2S. The molecule has 0 bridgehead atoms. The van der Waals surface area contributed by atoms with E-state index in [0.717, 1.165) is 11.0 Å². The van der Waals surface area contributed by atoms with Gasteiger partial charge >= 0.3 is 0 Å². The maximum absolute atomic E-state index is 14.3. The van der Waals surface area contributed by atoms with Crippen molar-refractivity contribution in [1.29, 1.82) is 0 Å². The van der Waals surface area contributed by atoms with Crippen LogP contribution in [0.2, 0.25) is 5.02 Å². The first-order chi connectivity index (χ1) is 14.0. The second-order valence-electron chi connectivity index (χ2n) is 6.33. The normalized spacial score (nSPS) is 11.1. The Labute approximate surface area is 175 Å². The number of halogens is 2. The van der Waals surface area contributed by atoms with Crippen molar-refractivity contribution in [2.75, 3.05) is 11.1 Å². The van der Waals surface area contributed by atoms with Crippen LogP contribution in [0.4, 0.5) is 10.2 Å². The number of nitrogens with one attached hydrogen (secondary N) is 1. The Morgan fingerprint density at radius 3 is 2.86 bits per heavy atom. The van der Waals surface area contributed by atoms with E-state index in [2.05, 4.69) is 15.5 Å². The van der Waals surface area contributed by atoms with E-state index in [1.807, 2.05) is 28.8 Å². The van der Waals surface area contributed by atoms with Gasteiger partial charge in [-0.05, 0) is 31.2 Å². The van der Waals surface area contributed by atoms with Gasteiger partial charge in [0.1, 0.15) is 11.6 Å². The molecule has 1 amide bonds. The molecular weight excluding hydrogens is 415 g/mol. The second-order valence-corrected chi connectivity index (χ2v) is 7.68. The highest BCUT2D eigenvalue weighted by Crippen LogP contribution is 2.28. The zero-order valence-corrected chi connectivity index (χ0v) is 16.9. The lowest BCUT2D eigenvalue weighted by Crippen LogP contribution is -2.15. The fourth-order valence-electron chi connectivity index (χ4n) is 2.89. The molecule has 1 N–H and O–H groups in total. The summed E-state index contributed by atoms with van der Waals surface area (Å²) in [5, 5.41) is 7.36. The Hall–Kier alpha value is -2.84. The maximum atomic E-state index is 14.3. The summed E-state index contributed by atoms with van der Waals surface area (Å²) in [6.45, 7) is 1.95. The molecule has 0 saturated heterocycles. The molecule has 4 aromatic rings. The highest BCUT2D eigenvalue weighted by Gasteiger charge is 2.16. The molecule has 0 saturated carbocycles. The molecule has 2 aromatic heterocycles. The number of amides is 1. The molecule has 0 aliphatic rings. The summed E-state index contributed by atoms with van der Waals surface area (Å²) in [5.41, 5.74) is 1.97. The SMILES string of the molecule is Cc1cc(NC(=O)CSc2nc3ccccc3n2Cc2c(F)cccc2Cl)no1. The monoisotopic (exact) mass is 430 g/mol. The average Bonchev–Trinajstić information content (AvgIpc) is 3.26. The number of anilines is 1. The van der Waals surface area contributed by atoms with Crippen LogP contribution >= 0.6 is 23.4 Å². The molecule has 0 fully saturated rings. The van der Waals surface area contributed by atoms with Gasteiger partial charge in [-0.1, -0.05) is 46.7 Å². The Morgan fingerprint density at radius 2 is 2.10 bits per heavy atom. The summed E-state index contributed by atoms with van der Waals surface area (Å²) in [4.78, 5) is 16.9. The molecule has 9 heteroatoms. The van der Waals surface area contributed by atoms with E-state index in [1.54, 1.807) is 25.1 Å². The van der Waals surface area contributed by atoms with Crippen molar-refractivity contribution in [3.05, 3.63) is 70.7 Å². The van der Waals surface area contributed by atoms with Gasteiger partial charge in [0.25, 0.3) is 0 Å². The molecule has 2 heterocycles. The first-order valence-corrected chi connectivity index (χ1v) is 10.1. The Kier molecular flexibility index (Phi) is 5.55. The molecule has 2 aromatic carbocycles. The van der Waals surface area contributed by atoms with E-state index >= 15 is 0 Å². The molecule has 6 nitrogen and oxygen atoms in total. The number of hydrogen-bond acceptors (Lipinski definition) is 5. The predicted octanol–water partition coefficient (Wildman–Crippen LogP) is 4.90. The molecule has 0 aliphatic heterocycles. The summed E-state index contributed by atoms with van der Waals surface area (Å²) < 4.78 is 21.1. The number of aromatic nitrogens is 3. The number of rotatable bonds is 6. The first-order valence-electron chi connectivity index (χ1n) is 8.75. The van der Waals surface area contributed by atoms with Crippen molar-refractivity contribution in [1.82, 2.24) is 14.7 Å². The van der Waals surface area contributed by atoms with Crippen molar-refractivity contribution in [3.8, 4) is 0 Å². The lowest BCUT2D eigenvalue weighted by molar-refractivity contribution is -0.113. The summed E-state index contributed by atoms with van der Waals surface area (Å²) in [5.74, 6) is 0.452. The van der Waals surface area contributed by atoms with Gasteiger partial charge in [0, 0.05) is 16.7 Å². The minimum atomic E-state index is -0.384. The minimum Gasteiger partial charge on any atom is -0.360 e. The highest BCUT2D eigenvalue weighted by molar-refractivity contribution is 7.99. The number of carbonyl (C=O) groups is 1. The largest absolute Gasteiger partial charge is 0.360 e. The van der Waals surface area contributed by atoms with E-state index in [1.165, 1.54) is 17.8 Å². The lowest BCUT2D eigenvalue weighted by atomic mass is 10.2. The molecule has 0 atom stereocenters. The third kappa shape index (κ3) is 4.28. The lowest BCUT2D eigenvalue weighted by Gasteiger charge is -2.11. The Balaban J connectivity index is 1.59. The van der Waals surface area contributed by atoms with Gasteiger partial charge in [0.2, 0.25) is 5.91 Å². The average molecular weight is 431 g/mol. The van der Waals surface area contributed by atoms with Crippen molar-refractivity contribution in [3.63, 3.8) is 0 Å². The van der Waals surface area contributed by atoms with Crippen molar-refractivity contribution >= 4 is 46.1 Å². The number of para-hydroxylation sites is 2. The Morgan fingerprint density at radius 1 is 1.28 bits per heavy atom. The summed E-state index contributed by atoms with van der Waals surface area (Å²) in [7, 11) is 0. The third-order valence-corrected chi connectivity index (χ3v) is 5.56. The van der Waals surface area contributed by atoms with Crippen LogP contribution in [0.5, 0.6) is 0 Å². The molecule has 0 radical (unpaired) electrons. The predicted molar refractivity (Wildman–Crippen MR) is 111 cm³/mol. The fourth-order valence-corrected chi connectivity index (χ4v) is 3.93. The number of aryl methyl sites for hydroxylation is 1. The second kappa shape index (κ2) is 8.26. The Bertz CT molecular complexity index is 1170. The topological polar surface area (TPSA) is 73.0 Å². The van der Waals surface area contributed by atoms with Gasteiger partial charge in [-0.25, -0.2) is 9.37 Å². The van der Waals surface area contributed by atoms with E-state index < -0.39 is 0 Å². The number of fused-ring (bicyclic) bond motifs is 1. The van der Waals surface area contributed by atoms with Crippen LogP contribution in [0.15, 0.2) is 58.2 Å². The van der Waals surface area contributed by atoms with Crippen LogP contribution < -0.4 is 5.32 Å². The van der Waals surface area contributed by atoms with Crippen LogP contribution in [-0.2, 0) is 11.3 Å².